The van der Waals surface area contributed by atoms with Crippen molar-refractivity contribution in [2.75, 3.05) is 25.1 Å². The number of hydrogen-bond donors (Lipinski definition) is 2. The van der Waals surface area contributed by atoms with Crippen molar-refractivity contribution in [2.45, 2.75) is 39.2 Å². The number of urea groups is 1. The number of fused-ring (bicyclic) bond motifs is 1. The Morgan fingerprint density at radius 2 is 2.00 bits per heavy atom. The van der Waals surface area contributed by atoms with Gasteiger partial charge in [-0.3, -0.25) is 10.1 Å². The predicted molar refractivity (Wildman–Crippen MR) is 104 cm³/mol. The molecule has 7 heteroatoms. The van der Waals surface area contributed by atoms with E-state index in [4.69, 9.17) is 4.74 Å². The fourth-order valence-electron chi connectivity index (χ4n) is 2.79. The van der Waals surface area contributed by atoms with Crippen LogP contribution in [0.1, 0.15) is 38.3 Å². The molecule has 1 aliphatic heterocycles. The Labute approximate surface area is 159 Å². The molecule has 1 aromatic rings. The number of esters is 1. The molecule has 0 radical (unpaired) electrons. The second kappa shape index (κ2) is 8.70. The van der Waals surface area contributed by atoms with Gasteiger partial charge in [0, 0.05) is 30.9 Å². The van der Waals surface area contributed by atoms with Crippen LogP contribution in [0.15, 0.2) is 24.3 Å². The van der Waals surface area contributed by atoms with Gasteiger partial charge in [0.15, 0.2) is 6.61 Å². The van der Waals surface area contributed by atoms with Crippen molar-refractivity contribution in [1.82, 2.24) is 10.6 Å². The molecule has 1 aliphatic rings. The van der Waals surface area contributed by atoms with Crippen LogP contribution in [0.5, 0.6) is 0 Å². The monoisotopic (exact) mass is 373 g/mol. The molecule has 2 rings (SSSR count). The average Bonchev–Trinajstić information content (AvgIpc) is 2.56. The number of nitrogens with zero attached hydrogens (tertiary/aromatic N) is 1. The van der Waals surface area contributed by atoms with E-state index in [1.54, 1.807) is 26.8 Å². The van der Waals surface area contributed by atoms with Gasteiger partial charge in [-0.2, -0.15) is 0 Å². The smallest absolute Gasteiger partial charge is 0.331 e. The van der Waals surface area contributed by atoms with Gasteiger partial charge in [0.1, 0.15) is 0 Å². The van der Waals surface area contributed by atoms with Crippen molar-refractivity contribution in [1.29, 1.82) is 0 Å². The molecule has 1 heterocycles. The van der Waals surface area contributed by atoms with Crippen molar-refractivity contribution in [3.05, 3.63) is 35.4 Å². The lowest BCUT2D eigenvalue weighted by atomic mass is 9.99. The first-order valence-corrected chi connectivity index (χ1v) is 8.95. The highest BCUT2D eigenvalue weighted by Gasteiger charge is 2.16. The Hall–Kier alpha value is -2.83. The lowest BCUT2D eigenvalue weighted by molar-refractivity contribution is -0.143. The molecule has 0 bridgehead atoms. The largest absolute Gasteiger partial charge is 0.452 e. The van der Waals surface area contributed by atoms with E-state index in [-0.39, 0.29) is 0 Å². The molecule has 0 saturated carbocycles. The first-order valence-electron chi connectivity index (χ1n) is 8.95. The molecule has 2 N–H and O–H groups in total. The predicted octanol–water partition coefficient (Wildman–Crippen LogP) is 2.25. The maximum absolute atomic E-state index is 11.8. The minimum atomic E-state index is -0.685. The summed E-state index contributed by atoms with van der Waals surface area (Å²) >= 11 is 0. The molecule has 0 spiro atoms. The van der Waals surface area contributed by atoms with E-state index >= 15 is 0 Å². The summed E-state index contributed by atoms with van der Waals surface area (Å²) in [5, 5.41) is 4.69. The van der Waals surface area contributed by atoms with Crippen LogP contribution >= 0.6 is 0 Å². The Morgan fingerprint density at radius 1 is 1.26 bits per heavy atom. The third kappa shape index (κ3) is 6.77. The molecule has 0 aromatic heterocycles. The van der Waals surface area contributed by atoms with E-state index in [2.05, 4.69) is 28.6 Å². The molecule has 0 aliphatic carbocycles. The molecule has 7 nitrogen and oxygen atoms in total. The van der Waals surface area contributed by atoms with Crippen molar-refractivity contribution >= 4 is 29.7 Å². The normalized spacial score (nSPS) is 13.9. The number of aryl methyl sites for hydroxylation is 1. The summed E-state index contributed by atoms with van der Waals surface area (Å²) in [7, 11) is 2.07. The fourth-order valence-corrected chi connectivity index (χ4v) is 2.79. The third-order valence-corrected chi connectivity index (χ3v) is 3.95. The van der Waals surface area contributed by atoms with Crippen molar-refractivity contribution in [3.8, 4) is 0 Å². The van der Waals surface area contributed by atoms with Crippen LogP contribution in [-0.4, -0.2) is 43.6 Å². The minimum absolute atomic E-state index is 0.465. The van der Waals surface area contributed by atoms with Crippen LogP contribution in [-0.2, 0) is 20.7 Å². The number of amides is 3. The van der Waals surface area contributed by atoms with E-state index in [1.165, 1.54) is 17.3 Å². The quantitative estimate of drug-likeness (QED) is 0.624. The Morgan fingerprint density at radius 3 is 2.70 bits per heavy atom. The summed E-state index contributed by atoms with van der Waals surface area (Å²) in [6.07, 6.45) is 5.05. The first kappa shape index (κ1) is 20.5. The highest BCUT2D eigenvalue weighted by molar-refractivity contribution is 5.96. The summed E-state index contributed by atoms with van der Waals surface area (Å²) < 4.78 is 4.86. The lowest BCUT2D eigenvalue weighted by Crippen LogP contribution is -2.49. The average molecular weight is 373 g/mol. The highest BCUT2D eigenvalue weighted by atomic mass is 16.5. The number of carbonyl (C=O) groups excluding carboxylic acids is 3. The fraction of sp³-hybridized carbons (Fsp3) is 0.450. The van der Waals surface area contributed by atoms with E-state index in [9.17, 15) is 14.4 Å². The van der Waals surface area contributed by atoms with Gasteiger partial charge < -0.3 is 15.0 Å². The second-order valence-electron chi connectivity index (χ2n) is 7.61. The molecule has 146 valence electrons. The van der Waals surface area contributed by atoms with Crippen molar-refractivity contribution < 1.29 is 19.1 Å². The molecule has 3 amide bonds. The van der Waals surface area contributed by atoms with E-state index in [1.807, 2.05) is 12.1 Å². The molecule has 0 atom stereocenters. The molecule has 1 aromatic carbocycles. The number of hydrogen-bond acceptors (Lipinski definition) is 5. The van der Waals surface area contributed by atoms with Gasteiger partial charge in [-0.25, -0.2) is 9.59 Å². The van der Waals surface area contributed by atoms with Crippen LogP contribution in [0.2, 0.25) is 0 Å². The van der Waals surface area contributed by atoms with Crippen molar-refractivity contribution in [3.63, 3.8) is 0 Å². The zero-order valence-corrected chi connectivity index (χ0v) is 16.3. The third-order valence-electron chi connectivity index (χ3n) is 3.95. The van der Waals surface area contributed by atoms with Crippen LogP contribution in [0.4, 0.5) is 10.5 Å². The molecule has 27 heavy (non-hydrogen) atoms. The summed E-state index contributed by atoms with van der Waals surface area (Å²) in [5.41, 5.74) is 2.90. The zero-order valence-electron chi connectivity index (χ0n) is 16.3. The topological polar surface area (TPSA) is 87.7 Å². The first-order chi connectivity index (χ1) is 12.6. The van der Waals surface area contributed by atoms with Gasteiger partial charge >= 0.3 is 12.0 Å². The maximum Gasteiger partial charge on any atom is 0.331 e. The molecule has 0 fully saturated rings. The standard InChI is InChI=1S/C20H27N3O4/c1-20(2,3)22-19(26)21-17(24)13-27-18(25)10-8-14-7-9-16-15(12-14)6-5-11-23(16)4/h7-10,12H,5-6,11,13H2,1-4H3,(H2,21,22,24,26). The van der Waals surface area contributed by atoms with Crippen LogP contribution < -0.4 is 15.5 Å². The number of ether oxygens (including phenoxy) is 1. The number of benzene rings is 1. The maximum atomic E-state index is 11.8. The summed E-state index contributed by atoms with van der Waals surface area (Å²) in [5.74, 6) is -1.33. The molecule has 0 saturated heterocycles. The Balaban J connectivity index is 1.82. The highest BCUT2D eigenvalue weighted by Crippen LogP contribution is 2.27. The van der Waals surface area contributed by atoms with Crippen LogP contribution in [0.3, 0.4) is 0 Å². The SMILES string of the molecule is CN1CCCc2cc(C=CC(=O)OCC(=O)NC(=O)NC(C)(C)C)ccc21. The van der Waals surface area contributed by atoms with Crippen LogP contribution in [0.25, 0.3) is 6.08 Å². The summed E-state index contributed by atoms with van der Waals surface area (Å²) in [6.45, 7) is 5.90. The Kier molecular flexibility index (Phi) is 6.60. The van der Waals surface area contributed by atoms with Crippen LogP contribution in [0, 0.1) is 0 Å². The summed E-state index contributed by atoms with van der Waals surface area (Å²) in [6, 6.07) is 5.41. The molecule has 0 unspecified atom stereocenters. The van der Waals surface area contributed by atoms with E-state index in [0.29, 0.717) is 0 Å². The molecular weight excluding hydrogens is 346 g/mol. The number of carbonyl (C=O) groups is 3. The van der Waals surface area contributed by atoms with Gasteiger partial charge in [-0.15, -0.1) is 0 Å². The van der Waals surface area contributed by atoms with Crippen molar-refractivity contribution in [2.24, 2.45) is 0 Å². The van der Waals surface area contributed by atoms with Gasteiger partial charge in [0.2, 0.25) is 0 Å². The van der Waals surface area contributed by atoms with Gasteiger partial charge in [-0.05, 0) is 62.9 Å². The second-order valence-corrected chi connectivity index (χ2v) is 7.61. The number of nitrogens with one attached hydrogen (secondary N) is 2. The van der Waals surface area contributed by atoms with Gasteiger partial charge in [0.05, 0.1) is 0 Å². The minimum Gasteiger partial charge on any atom is -0.452 e. The lowest BCUT2D eigenvalue weighted by Gasteiger charge is -2.27. The van der Waals surface area contributed by atoms with Gasteiger partial charge in [-0.1, -0.05) is 6.07 Å². The van der Waals surface area contributed by atoms with E-state index < -0.39 is 30.1 Å². The number of anilines is 1. The molecular formula is C20H27N3O4. The zero-order chi connectivity index (χ0) is 20.0. The van der Waals surface area contributed by atoms with E-state index in [0.717, 1.165) is 24.9 Å². The number of rotatable bonds is 4. The Bertz CT molecular complexity index is 750. The number of imide groups is 1. The van der Waals surface area contributed by atoms with Gasteiger partial charge in [0.25, 0.3) is 5.91 Å². The summed E-state index contributed by atoms with van der Waals surface area (Å²) in [4.78, 5) is 37.2.